The molecule has 2 heteroatoms. The second-order valence-corrected chi connectivity index (χ2v) is 2.39. The monoisotopic (exact) mass is 177 g/mol. The normalized spacial score (nSPS) is 10.5. The van der Waals surface area contributed by atoms with Gasteiger partial charge in [-0.05, 0) is 18.4 Å². The molecule has 0 aliphatic carbocycles. The van der Waals surface area contributed by atoms with Crippen LogP contribution in [-0.4, -0.2) is 24.3 Å². The molecule has 0 aromatic carbocycles. The molecule has 0 unspecified atom stereocenters. The minimum Gasteiger partial charge on any atom is -0.370 e. The van der Waals surface area contributed by atoms with Crippen LogP contribution in [0, 0.1) is 0 Å². The van der Waals surface area contributed by atoms with Gasteiger partial charge in [-0.2, -0.15) is 0 Å². The number of aldehydes is 1. The van der Waals surface area contributed by atoms with Gasteiger partial charge >= 0.3 is 0 Å². The van der Waals surface area contributed by atoms with Crippen LogP contribution in [0.5, 0.6) is 0 Å². The van der Waals surface area contributed by atoms with E-state index < -0.39 is 0 Å². The van der Waals surface area contributed by atoms with Gasteiger partial charge in [0.1, 0.15) is 6.29 Å². The van der Waals surface area contributed by atoms with Crippen molar-refractivity contribution in [3.8, 4) is 0 Å². The zero-order chi connectivity index (χ0) is 9.94. The molecular weight excluding hydrogens is 162 g/mol. The van der Waals surface area contributed by atoms with E-state index >= 15 is 0 Å². The lowest BCUT2D eigenvalue weighted by Gasteiger charge is -2.14. The highest BCUT2D eigenvalue weighted by atomic mass is 16.1. The van der Waals surface area contributed by atoms with Gasteiger partial charge in [0, 0.05) is 13.1 Å². The minimum absolute atomic E-state index is 0.746. The molecule has 0 aliphatic heterocycles. The second kappa shape index (κ2) is 8.53. The van der Waals surface area contributed by atoms with Gasteiger partial charge in [-0.25, -0.2) is 0 Å². The average molecular weight is 177 g/mol. The molecule has 2 nitrogen and oxygen atoms in total. The largest absolute Gasteiger partial charge is 0.370 e. The first-order valence-corrected chi connectivity index (χ1v) is 4.09. The predicted octanol–water partition coefficient (Wildman–Crippen LogP) is 1.93. The van der Waals surface area contributed by atoms with Crippen molar-refractivity contribution in [1.29, 1.82) is 0 Å². The summed E-state index contributed by atoms with van der Waals surface area (Å²) in [5, 5.41) is 0. The zero-order valence-corrected chi connectivity index (χ0v) is 7.73. The van der Waals surface area contributed by atoms with Crippen LogP contribution in [0.3, 0.4) is 0 Å². The molecule has 0 spiro atoms. The van der Waals surface area contributed by atoms with Crippen molar-refractivity contribution < 1.29 is 4.79 Å². The van der Waals surface area contributed by atoms with Gasteiger partial charge in [0.05, 0.1) is 0 Å². The maximum Gasteiger partial charge on any atom is 0.142 e. The van der Waals surface area contributed by atoms with Gasteiger partial charge in [-0.3, -0.25) is 4.79 Å². The zero-order valence-electron chi connectivity index (χ0n) is 7.73. The highest BCUT2D eigenvalue weighted by Crippen LogP contribution is 1.91. The van der Waals surface area contributed by atoms with E-state index in [-0.39, 0.29) is 0 Å². The molecule has 0 heterocycles. The highest BCUT2D eigenvalue weighted by molar-refractivity contribution is 5.65. The van der Waals surface area contributed by atoms with Crippen LogP contribution in [0.2, 0.25) is 0 Å². The summed E-state index contributed by atoms with van der Waals surface area (Å²) in [7, 11) is 0. The smallest absolute Gasteiger partial charge is 0.142 e. The number of carbonyl (C=O) groups excluding carboxylic acids is 1. The average Bonchev–Trinajstić information content (AvgIpc) is 2.13. The summed E-state index contributed by atoms with van der Waals surface area (Å²) in [4.78, 5) is 12.0. The topological polar surface area (TPSA) is 20.3 Å². The standard InChI is InChI=1S/C11H15NO/c1-3-8-12(9-4-2)10-6-5-7-11-13/h3-7,10-11H,1-2,8-9H2/b7-5+,10-6+. The van der Waals surface area contributed by atoms with E-state index in [4.69, 9.17) is 0 Å². The van der Waals surface area contributed by atoms with Crippen LogP contribution in [-0.2, 0) is 4.79 Å². The molecule has 0 rings (SSSR count). The molecule has 0 amide bonds. The van der Waals surface area contributed by atoms with Crippen molar-refractivity contribution in [2.75, 3.05) is 13.1 Å². The molecule has 0 atom stereocenters. The Morgan fingerprint density at radius 2 is 1.62 bits per heavy atom. The summed E-state index contributed by atoms with van der Waals surface area (Å²) in [6, 6.07) is 0. The summed E-state index contributed by atoms with van der Waals surface area (Å²) >= 11 is 0. The maximum atomic E-state index is 9.93. The van der Waals surface area contributed by atoms with E-state index in [1.54, 1.807) is 12.2 Å². The Labute approximate surface area is 79.6 Å². The first kappa shape index (κ1) is 11.4. The fourth-order valence-corrected chi connectivity index (χ4v) is 0.809. The van der Waals surface area contributed by atoms with E-state index in [0.29, 0.717) is 0 Å². The van der Waals surface area contributed by atoms with Crippen molar-refractivity contribution in [1.82, 2.24) is 4.90 Å². The maximum absolute atomic E-state index is 9.93. The van der Waals surface area contributed by atoms with E-state index in [0.717, 1.165) is 19.4 Å². The summed E-state index contributed by atoms with van der Waals surface area (Å²) in [6.07, 6.45) is 11.2. The van der Waals surface area contributed by atoms with Crippen LogP contribution < -0.4 is 0 Å². The fraction of sp³-hybridized carbons (Fsp3) is 0.182. The summed E-state index contributed by atoms with van der Waals surface area (Å²) < 4.78 is 0. The van der Waals surface area contributed by atoms with Gasteiger partial charge in [-0.1, -0.05) is 18.2 Å². The Kier molecular flexibility index (Phi) is 7.50. The third-order valence-electron chi connectivity index (χ3n) is 1.32. The van der Waals surface area contributed by atoms with Gasteiger partial charge in [0.2, 0.25) is 0 Å². The molecule has 0 N–H and O–H groups in total. The van der Waals surface area contributed by atoms with Crippen LogP contribution in [0.15, 0.2) is 49.7 Å². The first-order valence-electron chi connectivity index (χ1n) is 4.09. The number of hydrogen-bond acceptors (Lipinski definition) is 2. The SMILES string of the molecule is C=CCN(/C=C/C=C/C=O)CC=C. The molecule has 0 fully saturated rings. The predicted molar refractivity (Wildman–Crippen MR) is 56.3 cm³/mol. The van der Waals surface area contributed by atoms with Gasteiger partial charge in [-0.15, -0.1) is 13.2 Å². The summed E-state index contributed by atoms with van der Waals surface area (Å²) in [6.45, 7) is 8.84. The number of hydrogen-bond donors (Lipinski definition) is 0. The Hall–Kier alpha value is -1.57. The Morgan fingerprint density at radius 3 is 2.08 bits per heavy atom. The molecule has 70 valence electrons. The Morgan fingerprint density at radius 1 is 1.00 bits per heavy atom. The molecule has 0 aromatic heterocycles. The number of rotatable bonds is 7. The van der Waals surface area contributed by atoms with Crippen LogP contribution >= 0.6 is 0 Å². The minimum atomic E-state index is 0.746. The molecule has 0 saturated heterocycles. The third kappa shape index (κ3) is 6.81. The van der Waals surface area contributed by atoms with Crippen molar-refractivity contribution in [2.24, 2.45) is 0 Å². The first-order chi connectivity index (χ1) is 6.35. The summed E-state index contributed by atoms with van der Waals surface area (Å²) in [5.41, 5.74) is 0. The lowest BCUT2D eigenvalue weighted by molar-refractivity contribution is -0.104. The molecule has 0 bridgehead atoms. The Bertz CT molecular complexity index is 206. The lowest BCUT2D eigenvalue weighted by Crippen LogP contribution is -2.16. The molecule has 0 saturated carbocycles. The molecule has 0 aliphatic rings. The van der Waals surface area contributed by atoms with Crippen LogP contribution in [0.1, 0.15) is 0 Å². The van der Waals surface area contributed by atoms with E-state index in [1.165, 1.54) is 6.08 Å². The van der Waals surface area contributed by atoms with Crippen molar-refractivity contribution in [3.63, 3.8) is 0 Å². The van der Waals surface area contributed by atoms with Crippen molar-refractivity contribution in [3.05, 3.63) is 49.7 Å². The lowest BCUT2D eigenvalue weighted by atomic mass is 10.4. The third-order valence-corrected chi connectivity index (χ3v) is 1.32. The number of nitrogens with zero attached hydrogens (tertiary/aromatic N) is 1. The molecule has 0 radical (unpaired) electrons. The molecular formula is C11H15NO. The Balaban J connectivity index is 3.97. The fourth-order valence-electron chi connectivity index (χ4n) is 0.809. The van der Waals surface area contributed by atoms with Gasteiger partial charge in [0.25, 0.3) is 0 Å². The van der Waals surface area contributed by atoms with E-state index in [9.17, 15) is 4.79 Å². The van der Waals surface area contributed by atoms with Crippen LogP contribution in [0.4, 0.5) is 0 Å². The quantitative estimate of drug-likeness (QED) is 0.256. The highest BCUT2D eigenvalue weighted by Gasteiger charge is 1.89. The summed E-state index contributed by atoms with van der Waals surface area (Å²) in [5.74, 6) is 0. The van der Waals surface area contributed by atoms with E-state index in [2.05, 4.69) is 13.2 Å². The van der Waals surface area contributed by atoms with Gasteiger partial charge in [0.15, 0.2) is 0 Å². The second-order valence-electron chi connectivity index (χ2n) is 2.39. The number of allylic oxidation sites excluding steroid dienone is 3. The van der Waals surface area contributed by atoms with Gasteiger partial charge < -0.3 is 4.90 Å². The van der Waals surface area contributed by atoms with E-state index in [1.807, 2.05) is 23.3 Å². The van der Waals surface area contributed by atoms with Crippen molar-refractivity contribution in [2.45, 2.75) is 0 Å². The number of carbonyl (C=O) groups is 1. The molecule has 0 aromatic rings. The molecule has 13 heavy (non-hydrogen) atoms. The van der Waals surface area contributed by atoms with Crippen molar-refractivity contribution >= 4 is 6.29 Å². The van der Waals surface area contributed by atoms with Crippen LogP contribution in [0.25, 0.3) is 0 Å².